The van der Waals surface area contributed by atoms with Gasteiger partial charge in [0.1, 0.15) is 0 Å². The van der Waals surface area contributed by atoms with Gasteiger partial charge in [-0.15, -0.1) is 0 Å². The van der Waals surface area contributed by atoms with E-state index in [0.29, 0.717) is 0 Å². The molecule has 0 aromatic heterocycles. The van der Waals surface area contributed by atoms with E-state index in [1.54, 1.807) is 0 Å². The van der Waals surface area contributed by atoms with E-state index >= 15 is 0 Å². The van der Waals surface area contributed by atoms with Gasteiger partial charge >= 0.3 is 0 Å². The Bertz CT molecular complexity index is 159. The van der Waals surface area contributed by atoms with Crippen molar-refractivity contribution in [1.82, 2.24) is 4.90 Å². The Morgan fingerprint density at radius 3 is 2.50 bits per heavy atom. The highest BCUT2D eigenvalue weighted by Crippen LogP contribution is 2.35. The van der Waals surface area contributed by atoms with E-state index in [4.69, 9.17) is 0 Å². The molecule has 0 aromatic carbocycles. The molecule has 1 saturated heterocycles. The molecule has 2 fully saturated rings. The van der Waals surface area contributed by atoms with Crippen molar-refractivity contribution in [2.24, 2.45) is 5.92 Å². The van der Waals surface area contributed by atoms with Crippen LogP contribution < -0.4 is 0 Å². The Morgan fingerprint density at radius 2 is 2.08 bits per heavy atom. The molecule has 2 aliphatic rings. The molecule has 1 saturated carbocycles. The maximum absolute atomic E-state index is 9.82. The number of hydrogen-bond donors (Lipinski definition) is 1. The summed E-state index contributed by atoms with van der Waals surface area (Å²) in [6.45, 7) is 5.89. The fourth-order valence-corrected chi connectivity index (χ4v) is 2.21. The third kappa shape index (κ3) is 1.64. The van der Waals surface area contributed by atoms with E-state index in [0.717, 1.165) is 31.7 Å². The van der Waals surface area contributed by atoms with Crippen LogP contribution >= 0.6 is 0 Å². The van der Waals surface area contributed by atoms with Crippen LogP contribution in [-0.2, 0) is 0 Å². The zero-order valence-electron chi connectivity index (χ0n) is 7.92. The van der Waals surface area contributed by atoms with Crippen molar-refractivity contribution in [3.63, 3.8) is 0 Å². The summed E-state index contributed by atoms with van der Waals surface area (Å²) in [6, 6.07) is 0. The van der Waals surface area contributed by atoms with Crippen molar-refractivity contribution in [1.29, 1.82) is 0 Å². The standard InChI is InChI=1S/C10H19NO/c1-9-7-11(8-9)6-5-10(12)3-2-4-10/h9,12H,2-8H2,1H3. The second-order valence-corrected chi connectivity index (χ2v) is 4.69. The molecule has 1 heterocycles. The van der Waals surface area contributed by atoms with Crippen molar-refractivity contribution in [3.05, 3.63) is 0 Å². The van der Waals surface area contributed by atoms with Crippen LogP contribution in [0.25, 0.3) is 0 Å². The first-order chi connectivity index (χ1) is 5.68. The molecule has 0 amide bonds. The van der Waals surface area contributed by atoms with Gasteiger partial charge in [-0.3, -0.25) is 0 Å². The second kappa shape index (κ2) is 3.00. The first kappa shape index (κ1) is 8.52. The van der Waals surface area contributed by atoms with Crippen molar-refractivity contribution < 1.29 is 5.11 Å². The van der Waals surface area contributed by atoms with Gasteiger partial charge in [0.15, 0.2) is 0 Å². The van der Waals surface area contributed by atoms with E-state index in [1.165, 1.54) is 19.5 Å². The fourth-order valence-electron chi connectivity index (χ4n) is 2.21. The van der Waals surface area contributed by atoms with Crippen LogP contribution in [0.1, 0.15) is 32.6 Å². The molecule has 1 N–H and O–H groups in total. The molecule has 1 aliphatic carbocycles. The maximum Gasteiger partial charge on any atom is 0.0660 e. The molecule has 12 heavy (non-hydrogen) atoms. The summed E-state index contributed by atoms with van der Waals surface area (Å²) in [5.41, 5.74) is -0.265. The summed E-state index contributed by atoms with van der Waals surface area (Å²) >= 11 is 0. The van der Waals surface area contributed by atoms with E-state index in [1.807, 2.05) is 0 Å². The second-order valence-electron chi connectivity index (χ2n) is 4.69. The minimum atomic E-state index is -0.265. The summed E-state index contributed by atoms with van der Waals surface area (Å²) in [6.07, 6.45) is 4.30. The number of nitrogens with zero attached hydrogens (tertiary/aromatic N) is 1. The van der Waals surface area contributed by atoms with Crippen LogP contribution in [0.4, 0.5) is 0 Å². The van der Waals surface area contributed by atoms with Gasteiger partial charge in [0.2, 0.25) is 0 Å². The smallest absolute Gasteiger partial charge is 0.0660 e. The minimum absolute atomic E-state index is 0.265. The van der Waals surface area contributed by atoms with Gasteiger partial charge in [-0.2, -0.15) is 0 Å². The van der Waals surface area contributed by atoms with E-state index in [2.05, 4.69) is 11.8 Å². The first-order valence-corrected chi connectivity index (χ1v) is 5.13. The van der Waals surface area contributed by atoms with Crippen LogP contribution in [0.3, 0.4) is 0 Å². The summed E-state index contributed by atoms with van der Waals surface area (Å²) in [4.78, 5) is 2.45. The van der Waals surface area contributed by atoms with Gasteiger partial charge in [-0.05, 0) is 31.6 Å². The van der Waals surface area contributed by atoms with Gasteiger partial charge in [-0.1, -0.05) is 6.92 Å². The molecule has 70 valence electrons. The number of rotatable bonds is 3. The lowest BCUT2D eigenvalue weighted by Crippen LogP contribution is -2.48. The highest BCUT2D eigenvalue weighted by atomic mass is 16.3. The zero-order valence-corrected chi connectivity index (χ0v) is 7.92. The van der Waals surface area contributed by atoms with Gasteiger partial charge in [-0.25, -0.2) is 0 Å². The summed E-state index contributed by atoms with van der Waals surface area (Å²) < 4.78 is 0. The topological polar surface area (TPSA) is 23.5 Å². The van der Waals surface area contributed by atoms with Crippen LogP contribution in [0, 0.1) is 5.92 Å². The van der Waals surface area contributed by atoms with Crippen LogP contribution in [-0.4, -0.2) is 35.2 Å². The van der Waals surface area contributed by atoms with Crippen molar-refractivity contribution >= 4 is 0 Å². The lowest BCUT2D eigenvalue weighted by molar-refractivity contribution is -0.0529. The largest absolute Gasteiger partial charge is 0.390 e. The number of aliphatic hydroxyl groups is 1. The summed E-state index contributed by atoms with van der Waals surface area (Å²) in [5, 5.41) is 9.82. The SMILES string of the molecule is CC1CN(CCC2(O)CCC2)C1. The summed E-state index contributed by atoms with van der Waals surface area (Å²) in [5.74, 6) is 0.890. The first-order valence-electron chi connectivity index (χ1n) is 5.13. The Balaban J connectivity index is 1.62. The van der Waals surface area contributed by atoms with E-state index in [-0.39, 0.29) is 5.60 Å². The van der Waals surface area contributed by atoms with Crippen LogP contribution in [0.2, 0.25) is 0 Å². The molecule has 0 radical (unpaired) electrons. The maximum atomic E-state index is 9.82. The molecule has 2 rings (SSSR count). The van der Waals surface area contributed by atoms with E-state index in [9.17, 15) is 5.11 Å². The van der Waals surface area contributed by atoms with Crippen molar-refractivity contribution in [2.75, 3.05) is 19.6 Å². The van der Waals surface area contributed by atoms with Gasteiger partial charge in [0, 0.05) is 19.6 Å². The fraction of sp³-hybridized carbons (Fsp3) is 1.00. The molecular formula is C10H19NO. The lowest BCUT2D eigenvalue weighted by Gasteiger charge is -2.42. The molecule has 0 bridgehead atoms. The monoisotopic (exact) mass is 169 g/mol. The Kier molecular flexibility index (Phi) is 2.13. The molecule has 0 atom stereocenters. The predicted octanol–water partition coefficient (Wildman–Crippen LogP) is 1.24. The Morgan fingerprint density at radius 1 is 1.42 bits per heavy atom. The highest BCUT2D eigenvalue weighted by Gasteiger charge is 2.35. The van der Waals surface area contributed by atoms with Crippen molar-refractivity contribution in [3.8, 4) is 0 Å². The van der Waals surface area contributed by atoms with Crippen LogP contribution in [0.15, 0.2) is 0 Å². The molecular weight excluding hydrogens is 150 g/mol. The average Bonchev–Trinajstić information content (AvgIpc) is 1.92. The lowest BCUT2D eigenvalue weighted by atomic mass is 9.77. The minimum Gasteiger partial charge on any atom is -0.390 e. The number of hydrogen-bond acceptors (Lipinski definition) is 2. The van der Waals surface area contributed by atoms with Gasteiger partial charge in [0.25, 0.3) is 0 Å². The highest BCUT2D eigenvalue weighted by molar-refractivity contribution is 4.89. The average molecular weight is 169 g/mol. The molecule has 0 unspecified atom stereocenters. The van der Waals surface area contributed by atoms with Crippen molar-refractivity contribution in [2.45, 2.75) is 38.2 Å². The predicted molar refractivity (Wildman–Crippen MR) is 49.0 cm³/mol. The summed E-state index contributed by atoms with van der Waals surface area (Å²) in [7, 11) is 0. The van der Waals surface area contributed by atoms with Gasteiger partial charge < -0.3 is 10.0 Å². The molecule has 0 aromatic rings. The zero-order chi connectivity index (χ0) is 8.60. The van der Waals surface area contributed by atoms with Crippen LogP contribution in [0.5, 0.6) is 0 Å². The third-order valence-electron chi connectivity index (χ3n) is 3.32. The molecule has 0 spiro atoms. The normalized spacial score (nSPS) is 29.5. The Hall–Kier alpha value is -0.0800. The quantitative estimate of drug-likeness (QED) is 0.687. The Labute approximate surface area is 74.6 Å². The number of likely N-dealkylation sites (tertiary alicyclic amines) is 1. The van der Waals surface area contributed by atoms with E-state index < -0.39 is 0 Å². The molecule has 2 nitrogen and oxygen atoms in total. The molecule has 1 aliphatic heterocycles. The third-order valence-corrected chi connectivity index (χ3v) is 3.32. The van der Waals surface area contributed by atoms with Gasteiger partial charge in [0.05, 0.1) is 5.60 Å². The molecule has 2 heteroatoms.